The van der Waals surface area contributed by atoms with E-state index in [1.807, 2.05) is 4.57 Å². The van der Waals surface area contributed by atoms with Gasteiger partial charge in [-0.15, -0.1) is 6.58 Å². The Morgan fingerprint density at radius 1 is 1.45 bits per heavy atom. The van der Waals surface area contributed by atoms with Crippen molar-refractivity contribution in [3.63, 3.8) is 0 Å². The maximum Gasteiger partial charge on any atom is 0.297 e. The number of thiazole rings is 1. The molecule has 0 N–H and O–H groups in total. The number of rotatable bonds is 3. The second-order valence-electron chi connectivity index (χ2n) is 5.01. The predicted molar refractivity (Wildman–Crippen MR) is 87.9 cm³/mol. The summed E-state index contributed by atoms with van der Waals surface area (Å²) < 4.78 is 4.64. The summed E-state index contributed by atoms with van der Waals surface area (Å²) in [6.45, 7) is 6.45. The van der Waals surface area contributed by atoms with Crippen LogP contribution in [-0.4, -0.2) is 20.3 Å². The van der Waals surface area contributed by atoms with E-state index in [2.05, 4.69) is 41.8 Å². The van der Waals surface area contributed by atoms with Crippen LogP contribution in [0.3, 0.4) is 0 Å². The van der Waals surface area contributed by atoms with Gasteiger partial charge in [-0.3, -0.25) is 9.48 Å². The molecule has 0 radical (unpaired) electrons. The van der Waals surface area contributed by atoms with Crippen molar-refractivity contribution in [1.82, 2.24) is 14.3 Å². The Balaban J connectivity index is 2.19. The average molecular weight is 312 g/mol. The van der Waals surface area contributed by atoms with Gasteiger partial charge in [0.1, 0.15) is 5.69 Å². The third-order valence-corrected chi connectivity index (χ3v) is 4.43. The van der Waals surface area contributed by atoms with Gasteiger partial charge in [0.15, 0.2) is 4.80 Å². The number of carbonyl (C=O) groups is 1. The molecule has 0 fully saturated rings. The highest BCUT2D eigenvalue weighted by molar-refractivity contribution is 7.16. The molecular formula is C16H16N4OS. The highest BCUT2D eigenvalue weighted by atomic mass is 32.1. The monoisotopic (exact) mass is 312 g/mol. The molecule has 0 saturated carbocycles. The van der Waals surface area contributed by atoms with Crippen molar-refractivity contribution in [2.24, 2.45) is 12.0 Å². The molecule has 0 aliphatic carbocycles. The van der Waals surface area contributed by atoms with Crippen molar-refractivity contribution in [1.29, 1.82) is 0 Å². The molecule has 5 nitrogen and oxygen atoms in total. The minimum Gasteiger partial charge on any atom is -0.312 e. The first-order valence-electron chi connectivity index (χ1n) is 6.88. The first-order valence-corrected chi connectivity index (χ1v) is 7.70. The molecule has 22 heavy (non-hydrogen) atoms. The summed E-state index contributed by atoms with van der Waals surface area (Å²) in [5, 5.41) is 4.01. The quantitative estimate of drug-likeness (QED) is 0.698. The van der Waals surface area contributed by atoms with Crippen LogP contribution < -0.4 is 4.80 Å². The number of fused-ring (bicyclic) bond motifs is 1. The summed E-state index contributed by atoms with van der Waals surface area (Å²) in [7, 11) is 1.73. The number of aryl methyl sites for hydroxylation is 2. The van der Waals surface area contributed by atoms with Gasteiger partial charge in [0, 0.05) is 19.8 Å². The Labute approximate surface area is 131 Å². The summed E-state index contributed by atoms with van der Waals surface area (Å²) >= 11 is 1.51. The molecule has 3 rings (SSSR count). The summed E-state index contributed by atoms with van der Waals surface area (Å²) in [5.41, 5.74) is 2.72. The first kappa shape index (κ1) is 14.5. The fourth-order valence-electron chi connectivity index (χ4n) is 2.30. The molecule has 1 aromatic carbocycles. The number of nitrogens with zero attached hydrogens (tertiary/aromatic N) is 4. The SMILES string of the molecule is C=CCn1c(=NC(=O)c2ccnn2C)sc2cc(C)ccc21. The predicted octanol–water partition coefficient (Wildman–Crippen LogP) is 2.67. The number of hydrogen-bond donors (Lipinski definition) is 0. The third-order valence-electron chi connectivity index (χ3n) is 3.39. The number of hydrogen-bond acceptors (Lipinski definition) is 3. The number of allylic oxidation sites excluding steroid dienone is 1. The lowest BCUT2D eigenvalue weighted by Gasteiger charge is -2.01. The molecule has 112 valence electrons. The molecule has 0 spiro atoms. The number of carbonyl (C=O) groups excluding carboxylic acids is 1. The van der Waals surface area contributed by atoms with Crippen molar-refractivity contribution in [2.45, 2.75) is 13.5 Å². The van der Waals surface area contributed by atoms with Crippen LogP contribution in [0.4, 0.5) is 0 Å². The molecule has 0 bridgehead atoms. The molecule has 0 aliphatic rings. The van der Waals surface area contributed by atoms with E-state index in [1.54, 1.807) is 25.4 Å². The van der Waals surface area contributed by atoms with E-state index in [1.165, 1.54) is 21.6 Å². The molecular weight excluding hydrogens is 296 g/mol. The Morgan fingerprint density at radius 3 is 2.95 bits per heavy atom. The van der Waals surface area contributed by atoms with Crippen molar-refractivity contribution in [3.8, 4) is 0 Å². The van der Waals surface area contributed by atoms with Gasteiger partial charge in [-0.2, -0.15) is 10.1 Å². The second kappa shape index (κ2) is 5.73. The Kier molecular flexibility index (Phi) is 3.77. The maximum absolute atomic E-state index is 12.3. The fourth-order valence-corrected chi connectivity index (χ4v) is 3.44. The van der Waals surface area contributed by atoms with Crippen LogP contribution in [-0.2, 0) is 13.6 Å². The van der Waals surface area contributed by atoms with Crippen LogP contribution in [0.25, 0.3) is 10.2 Å². The van der Waals surface area contributed by atoms with Crippen LogP contribution in [0.5, 0.6) is 0 Å². The van der Waals surface area contributed by atoms with Crippen molar-refractivity contribution < 1.29 is 4.79 Å². The zero-order valence-electron chi connectivity index (χ0n) is 12.5. The van der Waals surface area contributed by atoms with Gasteiger partial charge in [-0.1, -0.05) is 23.5 Å². The Morgan fingerprint density at radius 2 is 2.27 bits per heavy atom. The van der Waals surface area contributed by atoms with Crippen LogP contribution in [0.1, 0.15) is 16.1 Å². The van der Waals surface area contributed by atoms with Crippen molar-refractivity contribution >= 4 is 27.5 Å². The molecule has 2 aromatic heterocycles. The smallest absolute Gasteiger partial charge is 0.297 e. The fraction of sp³-hybridized carbons (Fsp3) is 0.188. The van der Waals surface area contributed by atoms with E-state index >= 15 is 0 Å². The zero-order valence-corrected chi connectivity index (χ0v) is 13.3. The van der Waals surface area contributed by atoms with Crippen LogP contribution >= 0.6 is 11.3 Å². The van der Waals surface area contributed by atoms with Gasteiger partial charge in [-0.25, -0.2) is 0 Å². The molecule has 6 heteroatoms. The standard InChI is InChI=1S/C16H16N4OS/c1-4-9-20-12-6-5-11(2)10-14(12)22-16(20)18-15(21)13-7-8-17-19(13)3/h4-8,10H,1,9H2,2-3H3. The summed E-state index contributed by atoms with van der Waals surface area (Å²) in [4.78, 5) is 17.3. The van der Waals surface area contributed by atoms with Gasteiger partial charge in [-0.05, 0) is 30.7 Å². The molecule has 3 aromatic rings. The average Bonchev–Trinajstić information content (AvgIpc) is 3.03. The molecule has 2 heterocycles. The molecule has 0 unspecified atom stereocenters. The Bertz CT molecular complexity index is 929. The van der Waals surface area contributed by atoms with Gasteiger partial charge < -0.3 is 4.57 Å². The van der Waals surface area contributed by atoms with E-state index in [-0.39, 0.29) is 5.91 Å². The minimum atomic E-state index is -0.291. The highest BCUT2D eigenvalue weighted by Crippen LogP contribution is 2.19. The van der Waals surface area contributed by atoms with Crippen LogP contribution in [0.15, 0.2) is 48.1 Å². The summed E-state index contributed by atoms with van der Waals surface area (Å²) in [6, 6.07) is 7.88. The molecule has 1 amide bonds. The van der Waals surface area contributed by atoms with Crippen LogP contribution in [0, 0.1) is 6.92 Å². The maximum atomic E-state index is 12.3. The number of amides is 1. The topological polar surface area (TPSA) is 52.2 Å². The van der Waals surface area contributed by atoms with Gasteiger partial charge in [0.25, 0.3) is 5.91 Å². The Hall–Kier alpha value is -2.47. The van der Waals surface area contributed by atoms with Crippen LogP contribution in [0.2, 0.25) is 0 Å². The normalized spacial score (nSPS) is 12.0. The lowest BCUT2D eigenvalue weighted by atomic mass is 10.2. The first-order chi connectivity index (χ1) is 10.6. The second-order valence-corrected chi connectivity index (χ2v) is 6.02. The van der Waals surface area contributed by atoms with E-state index in [9.17, 15) is 4.79 Å². The van der Waals surface area contributed by atoms with Crippen molar-refractivity contribution in [3.05, 3.63) is 59.2 Å². The van der Waals surface area contributed by atoms with Gasteiger partial charge in [0.2, 0.25) is 0 Å². The van der Waals surface area contributed by atoms with E-state index in [0.717, 1.165) is 10.2 Å². The zero-order chi connectivity index (χ0) is 15.7. The lowest BCUT2D eigenvalue weighted by molar-refractivity contribution is 0.0989. The van der Waals surface area contributed by atoms with E-state index in [0.29, 0.717) is 17.0 Å². The number of aromatic nitrogens is 3. The lowest BCUT2D eigenvalue weighted by Crippen LogP contribution is -2.17. The molecule has 0 aliphatic heterocycles. The largest absolute Gasteiger partial charge is 0.312 e. The minimum absolute atomic E-state index is 0.291. The van der Waals surface area contributed by atoms with Gasteiger partial charge >= 0.3 is 0 Å². The number of benzene rings is 1. The summed E-state index contributed by atoms with van der Waals surface area (Å²) in [6.07, 6.45) is 3.40. The van der Waals surface area contributed by atoms with Crippen molar-refractivity contribution in [2.75, 3.05) is 0 Å². The molecule has 0 atom stereocenters. The third kappa shape index (κ3) is 2.53. The molecule has 0 saturated heterocycles. The van der Waals surface area contributed by atoms with Gasteiger partial charge in [0.05, 0.1) is 10.2 Å². The van der Waals surface area contributed by atoms with E-state index < -0.39 is 0 Å². The highest BCUT2D eigenvalue weighted by Gasteiger charge is 2.11. The van der Waals surface area contributed by atoms with E-state index in [4.69, 9.17) is 0 Å². The summed E-state index contributed by atoms with van der Waals surface area (Å²) in [5.74, 6) is -0.291.